The van der Waals surface area contributed by atoms with Gasteiger partial charge in [-0.3, -0.25) is 9.78 Å². The first-order valence-corrected chi connectivity index (χ1v) is 8.74. The summed E-state index contributed by atoms with van der Waals surface area (Å²) in [5.41, 5.74) is 7.32. The normalized spacial score (nSPS) is 10.8. The van der Waals surface area contributed by atoms with E-state index in [0.717, 1.165) is 26.6 Å². The van der Waals surface area contributed by atoms with E-state index in [0.29, 0.717) is 17.2 Å². The number of amides is 1. The maximum absolute atomic E-state index is 11.6. The SMILES string of the molecule is CCCC(=O)Nc1nnc(Sc2ccnc3cc(N)ccc23)s1. The Balaban J connectivity index is 1.80. The van der Waals surface area contributed by atoms with Crippen LogP contribution in [0, 0.1) is 0 Å². The molecular weight excluding hydrogens is 330 g/mol. The number of carbonyl (C=O) groups excluding carboxylic acids is 1. The van der Waals surface area contributed by atoms with Crippen LogP contribution in [0.5, 0.6) is 0 Å². The van der Waals surface area contributed by atoms with Gasteiger partial charge in [-0.2, -0.15) is 0 Å². The Labute approximate surface area is 141 Å². The Kier molecular flexibility index (Phi) is 4.73. The minimum absolute atomic E-state index is 0.0370. The highest BCUT2D eigenvalue weighted by molar-refractivity contribution is 8.01. The number of benzene rings is 1. The van der Waals surface area contributed by atoms with Crippen molar-refractivity contribution < 1.29 is 4.79 Å². The molecule has 0 saturated carbocycles. The molecule has 0 fully saturated rings. The molecule has 0 bridgehead atoms. The van der Waals surface area contributed by atoms with Gasteiger partial charge >= 0.3 is 0 Å². The molecule has 0 aliphatic heterocycles. The van der Waals surface area contributed by atoms with Gasteiger partial charge in [0.05, 0.1) is 5.52 Å². The number of anilines is 2. The number of carbonyl (C=O) groups is 1. The molecular formula is C15H15N5OS2. The molecule has 0 aliphatic rings. The third-order valence-corrected chi connectivity index (χ3v) is 5.02. The molecule has 118 valence electrons. The first-order chi connectivity index (χ1) is 11.2. The van der Waals surface area contributed by atoms with Crippen LogP contribution in [0.1, 0.15) is 19.8 Å². The van der Waals surface area contributed by atoms with Gasteiger partial charge in [-0.15, -0.1) is 10.2 Å². The number of pyridine rings is 1. The second kappa shape index (κ2) is 6.93. The maximum Gasteiger partial charge on any atom is 0.226 e. The summed E-state index contributed by atoms with van der Waals surface area (Å²) >= 11 is 2.85. The number of aromatic nitrogens is 3. The molecule has 0 unspecified atom stereocenters. The van der Waals surface area contributed by atoms with Crippen molar-refractivity contribution >= 4 is 50.7 Å². The lowest BCUT2D eigenvalue weighted by Gasteiger charge is -2.04. The first-order valence-electron chi connectivity index (χ1n) is 7.11. The van der Waals surface area contributed by atoms with E-state index < -0.39 is 0 Å². The summed E-state index contributed by atoms with van der Waals surface area (Å²) in [6, 6.07) is 7.57. The number of rotatable bonds is 5. The minimum Gasteiger partial charge on any atom is -0.399 e. The average Bonchev–Trinajstić information content (AvgIpc) is 2.94. The van der Waals surface area contributed by atoms with Crippen molar-refractivity contribution in [1.82, 2.24) is 15.2 Å². The monoisotopic (exact) mass is 345 g/mol. The first kappa shape index (κ1) is 15.7. The predicted octanol–water partition coefficient (Wildman–Crippen LogP) is 3.56. The Morgan fingerprint density at radius 1 is 1.35 bits per heavy atom. The van der Waals surface area contributed by atoms with E-state index in [1.54, 1.807) is 6.20 Å². The van der Waals surface area contributed by atoms with Crippen molar-refractivity contribution in [2.24, 2.45) is 0 Å². The van der Waals surface area contributed by atoms with Crippen molar-refractivity contribution in [3.8, 4) is 0 Å². The molecule has 23 heavy (non-hydrogen) atoms. The van der Waals surface area contributed by atoms with E-state index in [2.05, 4.69) is 20.5 Å². The molecule has 3 aromatic rings. The molecule has 0 radical (unpaired) electrons. The van der Waals surface area contributed by atoms with E-state index >= 15 is 0 Å². The topological polar surface area (TPSA) is 93.8 Å². The minimum atomic E-state index is -0.0370. The fraction of sp³-hybridized carbons (Fsp3) is 0.200. The smallest absolute Gasteiger partial charge is 0.226 e. The lowest BCUT2D eigenvalue weighted by Crippen LogP contribution is -2.10. The lowest BCUT2D eigenvalue weighted by molar-refractivity contribution is -0.116. The summed E-state index contributed by atoms with van der Waals surface area (Å²) in [6.07, 6.45) is 3.03. The van der Waals surface area contributed by atoms with Crippen molar-refractivity contribution in [1.29, 1.82) is 0 Å². The van der Waals surface area contributed by atoms with E-state index in [1.165, 1.54) is 23.1 Å². The van der Waals surface area contributed by atoms with Crippen LogP contribution in [-0.2, 0) is 4.79 Å². The molecule has 2 heterocycles. The average molecular weight is 345 g/mol. The van der Waals surface area contributed by atoms with E-state index in [-0.39, 0.29) is 5.91 Å². The zero-order valence-corrected chi connectivity index (χ0v) is 14.1. The van der Waals surface area contributed by atoms with Crippen LogP contribution in [0.3, 0.4) is 0 Å². The zero-order valence-electron chi connectivity index (χ0n) is 12.4. The quantitative estimate of drug-likeness (QED) is 0.542. The third kappa shape index (κ3) is 3.77. The van der Waals surface area contributed by atoms with Gasteiger partial charge in [0.25, 0.3) is 0 Å². The third-order valence-electron chi connectivity index (χ3n) is 3.05. The Morgan fingerprint density at radius 3 is 3.04 bits per heavy atom. The van der Waals surface area contributed by atoms with Gasteiger partial charge in [0, 0.05) is 28.6 Å². The zero-order chi connectivity index (χ0) is 16.2. The van der Waals surface area contributed by atoms with Gasteiger partial charge in [-0.1, -0.05) is 30.0 Å². The number of nitrogen functional groups attached to an aromatic ring is 1. The summed E-state index contributed by atoms with van der Waals surface area (Å²) in [6.45, 7) is 1.96. The summed E-state index contributed by atoms with van der Waals surface area (Å²) in [7, 11) is 0. The molecule has 0 spiro atoms. The summed E-state index contributed by atoms with van der Waals surface area (Å²) < 4.78 is 0.765. The molecule has 0 aliphatic carbocycles. The number of fused-ring (bicyclic) bond motifs is 1. The Hall–Kier alpha value is -2.19. The summed E-state index contributed by atoms with van der Waals surface area (Å²) in [5, 5.41) is 12.4. The fourth-order valence-corrected chi connectivity index (χ4v) is 3.88. The molecule has 6 nitrogen and oxygen atoms in total. The summed E-state index contributed by atoms with van der Waals surface area (Å²) in [4.78, 5) is 16.9. The molecule has 8 heteroatoms. The summed E-state index contributed by atoms with van der Waals surface area (Å²) in [5.74, 6) is -0.0370. The van der Waals surface area contributed by atoms with Crippen LogP contribution in [0.4, 0.5) is 10.8 Å². The highest BCUT2D eigenvalue weighted by Crippen LogP contribution is 2.35. The van der Waals surface area contributed by atoms with Crippen molar-refractivity contribution in [2.45, 2.75) is 29.0 Å². The highest BCUT2D eigenvalue weighted by Gasteiger charge is 2.11. The van der Waals surface area contributed by atoms with Crippen LogP contribution < -0.4 is 11.1 Å². The van der Waals surface area contributed by atoms with Crippen LogP contribution in [-0.4, -0.2) is 21.1 Å². The standard InChI is InChI=1S/C15H15N5OS2/c1-2-3-13(21)18-14-19-20-15(23-14)22-12-6-7-17-11-8-9(16)4-5-10(11)12/h4-8H,2-3,16H2,1H3,(H,18,19,21). The van der Waals surface area contributed by atoms with E-state index in [1.807, 2.05) is 31.2 Å². The highest BCUT2D eigenvalue weighted by atomic mass is 32.2. The molecule has 1 aromatic carbocycles. The molecule has 1 amide bonds. The van der Waals surface area contributed by atoms with Gasteiger partial charge in [-0.25, -0.2) is 0 Å². The van der Waals surface area contributed by atoms with Crippen LogP contribution in [0.2, 0.25) is 0 Å². The van der Waals surface area contributed by atoms with Crippen LogP contribution in [0.25, 0.3) is 10.9 Å². The number of hydrogen-bond acceptors (Lipinski definition) is 7. The van der Waals surface area contributed by atoms with Crippen molar-refractivity contribution in [2.75, 3.05) is 11.1 Å². The van der Waals surface area contributed by atoms with E-state index in [9.17, 15) is 4.79 Å². The molecule has 0 atom stereocenters. The maximum atomic E-state index is 11.6. The fourth-order valence-electron chi connectivity index (χ4n) is 2.03. The second-order valence-electron chi connectivity index (χ2n) is 4.86. The van der Waals surface area contributed by atoms with Gasteiger partial charge in [0.15, 0.2) is 4.34 Å². The van der Waals surface area contributed by atoms with E-state index in [4.69, 9.17) is 5.73 Å². The number of nitrogens with two attached hydrogens (primary N) is 1. The molecule has 0 saturated heterocycles. The molecule has 3 rings (SSSR count). The predicted molar refractivity (Wildman–Crippen MR) is 93.7 cm³/mol. The molecule has 2 aromatic heterocycles. The molecule has 3 N–H and O–H groups in total. The number of nitrogens with zero attached hydrogens (tertiary/aromatic N) is 3. The van der Waals surface area contributed by atoms with Crippen LogP contribution in [0.15, 0.2) is 39.7 Å². The van der Waals surface area contributed by atoms with Gasteiger partial charge in [0.1, 0.15) is 0 Å². The van der Waals surface area contributed by atoms with Crippen molar-refractivity contribution in [3.63, 3.8) is 0 Å². The second-order valence-corrected chi connectivity index (χ2v) is 7.13. The number of nitrogens with one attached hydrogen (secondary N) is 1. The Morgan fingerprint density at radius 2 is 2.22 bits per heavy atom. The van der Waals surface area contributed by atoms with Gasteiger partial charge in [-0.05, 0) is 30.7 Å². The lowest BCUT2D eigenvalue weighted by atomic mass is 10.2. The number of hydrogen-bond donors (Lipinski definition) is 2. The Bertz CT molecular complexity index is 849. The van der Waals surface area contributed by atoms with Gasteiger partial charge < -0.3 is 11.1 Å². The largest absolute Gasteiger partial charge is 0.399 e. The van der Waals surface area contributed by atoms with Crippen LogP contribution >= 0.6 is 23.1 Å². The van der Waals surface area contributed by atoms with Gasteiger partial charge in [0.2, 0.25) is 11.0 Å². The van der Waals surface area contributed by atoms with Crippen molar-refractivity contribution in [3.05, 3.63) is 30.5 Å².